The Bertz CT molecular complexity index is 1320. The van der Waals surface area contributed by atoms with Gasteiger partial charge in [0.05, 0.1) is 11.7 Å². The third kappa shape index (κ3) is 5.44. The molecule has 3 heterocycles. The Morgan fingerprint density at radius 3 is 2.22 bits per heavy atom. The fourth-order valence-corrected chi connectivity index (χ4v) is 7.59. The monoisotopic (exact) mass is 553 g/mol. The molecule has 1 saturated carbocycles. The summed E-state index contributed by atoms with van der Waals surface area (Å²) >= 11 is 0. The van der Waals surface area contributed by atoms with Crippen molar-refractivity contribution in [2.45, 2.75) is 89.4 Å². The van der Waals surface area contributed by atoms with Crippen molar-refractivity contribution in [3.8, 4) is 0 Å². The third-order valence-corrected chi connectivity index (χ3v) is 9.85. The first-order valence-electron chi connectivity index (χ1n) is 15.4. The molecule has 7 nitrogen and oxygen atoms in total. The minimum absolute atomic E-state index is 0.0282. The molecule has 2 unspecified atom stereocenters. The third-order valence-electron chi connectivity index (χ3n) is 9.85. The number of piperazine rings is 1. The van der Waals surface area contributed by atoms with Gasteiger partial charge in [-0.15, -0.1) is 0 Å². The van der Waals surface area contributed by atoms with Gasteiger partial charge in [0.15, 0.2) is 0 Å². The number of aromatic nitrogens is 2. The lowest BCUT2D eigenvalue weighted by atomic mass is 9.78. The first kappa shape index (κ1) is 27.7. The number of carbonyl (C=O) groups excluding carboxylic acids is 2. The number of benzene rings is 2. The summed E-state index contributed by atoms with van der Waals surface area (Å²) in [6, 6.07) is 20.3. The molecule has 1 aliphatic carbocycles. The summed E-state index contributed by atoms with van der Waals surface area (Å²) in [5, 5.41) is 10.9. The minimum atomic E-state index is -0.839. The van der Waals surface area contributed by atoms with Gasteiger partial charge >= 0.3 is 0 Å². The van der Waals surface area contributed by atoms with Crippen LogP contribution >= 0.6 is 0 Å². The van der Waals surface area contributed by atoms with Gasteiger partial charge < -0.3 is 10.2 Å². The standard InChI is InChI=1S/C34H43N5O2/c1-24-30(25(2)37-36-24)31(28-16-10-5-11-17-28)38-20-18-34(19-21-38)33(41)35-29(22-26-12-6-3-7-13-26)32(40)39(34)23-27-14-8-4-9-15-27/h4-5,8-11,14-17,26,29,31H,3,6-7,12-13,18-23H2,1-2H3,(H,35,41)(H,36,37). The Balaban J connectivity index is 1.28. The van der Waals surface area contributed by atoms with Crippen molar-refractivity contribution < 1.29 is 9.59 Å². The molecule has 2 amide bonds. The largest absolute Gasteiger partial charge is 0.342 e. The number of nitrogens with zero attached hydrogens (tertiary/aromatic N) is 3. The maximum absolute atomic E-state index is 14.2. The van der Waals surface area contributed by atoms with Crippen LogP contribution in [0.5, 0.6) is 0 Å². The minimum Gasteiger partial charge on any atom is -0.342 e. The molecule has 2 aliphatic heterocycles. The summed E-state index contributed by atoms with van der Waals surface area (Å²) in [6.45, 7) is 6.03. The average Bonchev–Trinajstić information content (AvgIpc) is 3.34. The number of H-pyrrole nitrogens is 1. The van der Waals surface area contributed by atoms with Gasteiger partial charge in [0, 0.05) is 30.9 Å². The fraction of sp³-hybridized carbons (Fsp3) is 0.500. The predicted molar refractivity (Wildman–Crippen MR) is 160 cm³/mol. The van der Waals surface area contributed by atoms with Crippen LogP contribution in [0.1, 0.15) is 85.5 Å². The van der Waals surface area contributed by atoms with Crippen LogP contribution in [0, 0.1) is 19.8 Å². The van der Waals surface area contributed by atoms with Crippen LogP contribution in [-0.2, 0) is 16.1 Å². The van der Waals surface area contributed by atoms with Gasteiger partial charge in [0.1, 0.15) is 11.6 Å². The summed E-state index contributed by atoms with van der Waals surface area (Å²) < 4.78 is 0. The number of likely N-dealkylation sites (tertiary alicyclic amines) is 1. The second-order valence-corrected chi connectivity index (χ2v) is 12.4. The molecule has 2 saturated heterocycles. The van der Waals surface area contributed by atoms with E-state index in [0.29, 0.717) is 38.4 Å². The Labute approximate surface area is 243 Å². The molecule has 41 heavy (non-hydrogen) atoms. The highest BCUT2D eigenvalue weighted by molar-refractivity contribution is 6.00. The zero-order valence-corrected chi connectivity index (χ0v) is 24.4. The molecule has 3 fully saturated rings. The van der Waals surface area contributed by atoms with Gasteiger partial charge in [0.25, 0.3) is 0 Å². The van der Waals surface area contributed by atoms with E-state index in [-0.39, 0.29) is 17.9 Å². The number of aryl methyl sites for hydroxylation is 2. The number of nitrogens with one attached hydrogen (secondary N) is 2. The Morgan fingerprint density at radius 2 is 1.59 bits per heavy atom. The molecule has 1 aromatic heterocycles. The number of piperidine rings is 1. The molecule has 0 bridgehead atoms. The maximum atomic E-state index is 14.2. The molecule has 2 N–H and O–H groups in total. The Kier molecular flexibility index (Phi) is 7.98. The second-order valence-electron chi connectivity index (χ2n) is 12.4. The number of hydrogen-bond acceptors (Lipinski definition) is 4. The van der Waals surface area contributed by atoms with Crippen LogP contribution in [0.25, 0.3) is 0 Å². The van der Waals surface area contributed by atoms with Crippen molar-refractivity contribution in [3.05, 3.63) is 88.7 Å². The van der Waals surface area contributed by atoms with Crippen LogP contribution in [0.2, 0.25) is 0 Å². The number of aromatic amines is 1. The topological polar surface area (TPSA) is 81.3 Å². The van der Waals surface area contributed by atoms with Gasteiger partial charge in [-0.1, -0.05) is 92.8 Å². The van der Waals surface area contributed by atoms with Crippen LogP contribution in [0.15, 0.2) is 60.7 Å². The van der Waals surface area contributed by atoms with Gasteiger partial charge in [0.2, 0.25) is 11.8 Å². The van der Waals surface area contributed by atoms with E-state index in [9.17, 15) is 9.59 Å². The molecule has 1 spiro atoms. The number of amides is 2. The van der Waals surface area contributed by atoms with Crippen LogP contribution in [0.4, 0.5) is 0 Å². The van der Waals surface area contributed by atoms with Crippen LogP contribution < -0.4 is 5.32 Å². The lowest BCUT2D eigenvalue weighted by Crippen LogP contribution is -2.72. The van der Waals surface area contributed by atoms with Crippen molar-refractivity contribution in [2.75, 3.05) is 13.1 Å². The molecular formula is C34H43N5O2. The number of carbonyl (C=O) groups is 2. The average molecular weight is 554 g/mol. The first-order valence-corrected chi connectivity index (χ1v) is 15.4. The second kappa shape index (κ2) is 11.8. The number of rotatable bonds is 7. The van der Waals surface area contributed by atoms with Crippen molar-refractivity contribution >= 4 is 11.8 Å². The van der Waals surface area contributed by atoms with Gasteiger partial charge in [-0.3, -0.25) is 19.6 Å². The molecule has 216 valence electrons. The quantitative estimate of drug-likeness (QED) is 0.408. The predicted octanol–water partition coefficient (Wildman–Crippen LogP) is 5.45. The van der Waals surface area contributed by atoms with E-state index in [2.05, 4.69) is 70.7 Å². The van der Waals surface area contributed by atoms with E-state index >= 15 is 0 Å². The molecule has 3 aromatic rings. The normalized spacial score (nSPS) is 22.6. The summed E-state index contributed by atoms with van der Waals surface area (Å²) in [5.74, 6) is 0.634. The van der Waals surface area contributed by atoms with Gasteiger partial charge in [-0.2, -0.15) is 5.10 Å². The van der Waals surface area contributed by atoms with E-state index < -0.39 is 11.6 Å². The SMILES string of the molecule is Cc1n[nH]c(C)c1C(c1ccccc1)N1CCC2(CC1)C(=O)NC(CC1CCCCC1)C(=O)N2Cc1ccccc1. The summed E-state index contributed by atoms with van der Waals surface area (Å²) in [5.41, 5.74) is 4.71. The maximum Gasteiger partial charge on any atom is 0.246 e. The molecule has 0 radical (unpaired) electrons. The summed E-state index contributed by atoms with van der Waals surface area (Å²) in [6.07, 6.45) is 8.02. The molecule has 6 rings (SSSR count). The van der Waals surface area contributed by atoms with Gasteiger partial charge in [-0.25, -0.2) is 0 Å². The van der Waals surface area contributed by atoms with Crippen molar-refractivity contribution in [1.82, 2.24) is 25.3 Å². The fourth-order valence-electron chi connectivity index (χ4n) is 7.59. The van der Waals surface area contributed by atoms with E-state index in [1.807, 2.05) is 29.2 Å². The van der Waals surface area contributed by atoms with Crippen molar-refractivity contribution in [1.29, 1.82) is 0 Å². The Morgan fingerprint density at radius 1 is 0.927 bits per heavy atom. The zero-order valence-electron chi connectivity index (χ0n) is 24.4. The molecule has 7 heteroatoms. The number of hydrogen-bond donors (Lipinski definition) is 2. The zero-order chi connectivity index (χ0) is 28.4. The molecular weight excluding hydrogens is 510 g/mol. The van der Waals surface area contributed by atoms with Crippen LogP contribution in [-0.4, -0.2) is 56.5 Å². The molecule has 2 aromatic carbocycles. The molecule has 2 atom stereocenters. The lowest BCUT2D eigenvalue weighted by molar-refractivity contribution is -0.163. The smallest absolute Gasteiger partial charge is 0.246 e. The Hall–Kier alpha value is -3.45. The van der Waals surface area contributed by atoms with E-state index in [4.69, 9.17) is 0 Å². The highest BCUT2D eigenvalue weighted by Gasteiger charge is 2.54. The van der Waals surface area contributed by atoms with E-state index in [0.717, 1.165) is 36.2 Å². The van der Waals surface area contributed by atoms with Crippen molar-refractivity contribution in [2.24, 2.45) is 5.92 Å². The highest BCUT2D eigenvalue weighted by Crippen LogP contribution is 2.41. The van der Waals surface area contributed by atoms with E-state index in [1.54, 1.807) is 0 Å². The summed E-state index contributed by atoms with van der Waals surface area (Å²) in [7, 11) is 0. The lowest BCUT2D eigenvalue weighted by Gasteiger charge is -2.53. The van der Waals surface area contributed by atoms with Gasteiger partial charge in [-0.05, 0) is 50.2 Å². The molecule has 3 aliphatic rings. The highest BCUT2D eigenvalue weighted by atomic mass is 16.2. The summed E-state index contributed by atoms with van der Waals surface area (Å²) in [4.78, 5) is 32.8. The first-order chi connectivity index (χ1) is 20.0. The van der Waals surface area contributed by atoms with Crippen molar-refractivity contribution in [3.63, 3.8) is 0 Å². The van der Waals surface area contributed by atoms with Crippen LogP contribution in [0.3, 0.4) is 0 Å². The van der Waals surface area contributed by atoms with E-state index in [1.165, 1.54) is 30.4 Å².